The van der Waals surface area contributed by atoms with Crippen molar-refractivity contribution in [1.82, 2.24) is 15.5 Å². The number of aliphatic hydroxyl groups is 1. The number of hydrogen-bond donors (Lipinski definition) is 4. The number of nitrogens with zero attached hydrogens (tertiary/aromatic N) is 1. The van der Waals surface area contributed by atoms with Crippen molar-refractivity contribution < 1.29 is 18.7 Å². The topological polar surface area (TPSA) is 104 Å². The Kier molecular flexibility index (Phi) is 4.60. The van der Waals surface area contributed by atoms with Crippen molar-refractivity contribution >= 4 is 11.6 Å². The van der Waals surface area contributed by atoms with Gasteiger partial charge in [0, 0.05) is 0 Å². The first kappa shape index (κ1) is 14.4. The third-order valence-electron chi connectivity index (χ3n) is 2.34. The third kappa shape index (κ3) is 3.39. The van der Waals surface area contributed by atoms with Crippen molar-refractivity contribution in [2.75, 3.05) is 18.9 Å². The van der Waals surface area contributed by atoms with Gasteiger partial charge in [0.1, 0.15) is 6.61 Å². The van der Waals surface area contributed by atoms with Gasteiger partial charge >= 0.3 is 0 Å². The number of hydrogen-bond acceptors (Lipinski definition) is 4. The number of amides is 1. The largest absolute Gasteiger partial charge is 0.395 e. The summed E-state index contributed by atoms with van der Waals surface area (Å²) in [7, 11) is 0. The minimum absolute atomic E-state index is 0.104. The molecule has 0 aliphatic heterocycles. The van der Waals surface area contributed by atoms with Gasteiger partial charge in [0.05, 0.1) is 17.9 Å². The predicted octanol–water partition coefficient (Wildman–Crippen LogP) is 0.302. The third-order valence-corrected chi connectivity index (χ3v) is 2.34. The summed E-state index contributed by atoms with van der Waals surface area (Å²) in [6, 6.07) is 0. The van der Waals surface area contributed by atoms with Crippen LogP contribution in [0.3, 0.4) is 0 Å². The molecule has 0 unspecified atom stereocenters. The maximum atomic E-state index is 12.7. The lowest BCUT2D eigenvalue weighted by Gasteiger charge is -2.13. The number of carbonyl (C=O) groups excluding carboxylic acids is 1. The van der Waals surface area contributed by atoms with Crippen molar-refractivity contribution in [3.8, 4) is 0 Å². The van der Waals surface area contributed by atoms with Gasteiger partial charge in [-0.1, -0.05) is 13.3 Å². The van der Waals surface area contributed by atoms with E-state index in [2.05, 4.69) is 10.2 Å². The van der Waals surface area contributed by atoms with Crippen LogP contribution >= 0.6 is 0 Å². The van der Waals surface area contributed by atoms with Gasteiger partial charge in [-0.05, 0) is 6.42 Å². The summed E-state index contributed by atoms with van der Waals surface area (Å²) in [5.41, 5.74) is 6.34. The van der Waals surface area contributed by atoms with Gasteiger partial charge in [0.2, 0.25) is 0 Å². The minimum atomic E-state index is -3.35. The Labute approximate surface area is 103 Å². The number of alkyl halides is 2. The normalized spacial score (nSPS) is 11.6. The summed E-state index contributed by atoms with van der Waals surface area (Å²) >= 11 is 0. The van der Waals surface area contributed by atoms with E-state index in [1.165, 1.54) is 0 Å². The lowest BCUT2D eigenvalue weighted by molar-refractivity contribution is -0.0462. The molecule has 0 spiro atoms. The molecule has 6 nitrogen and oxygen atoms in total. The molecule has 0 bridgehead atoms. The minimum Gasteiger partial charge on any atom is -0.395 e. The zero-order chi connectivity index (χ0) is 13.8. The molecule has 18 heavy (non-hydrogen) atoms. The Morgan fingerprint density at radius 3 is 2.83 bits per heavy atom. The first-order valence-electron chi connectivity index (χ1n) is 5.51. The second-order valence-corrected chi connectivity index (χ2v) is 3.91. The number of halogens is 2. The van der Waals surface area contributed by atoms with Crippen LogP contribution in [0.2, 0.25) is 0 Å². The van der Waals surface area contributed by atoms with E-state index in [0.717, 1.165) is 6.42 Å². The van der Waals surface area contributed by atoms with Gasteiger partial charge in [-0.3, -0.25) is 9.89 Å². The number of nitrogens with two attached hydrogens (primary N) is 1. The summed E-state index contributed by atoms with van der Waals surface area (Å²) in [4.78, 5) is 11.6. The van der Waals surface area contributed by atoms with Gasteiger partial charge in [-0.25, -0.2) is 8.78 Å². The summed E-state index contributed by atoms with van der Waals surface area (Å²) in [6.45, 7) is -0.357. The van der Waals surface area contributed by atoms with E-state index in [1.54, 1.807) is 0 Å². The second kappa shape index (κ2) is 5.76. The molecular formula is C10H16F2N4O2. The highest BCUT2D eigenvalue weighted by Gasteiger charge is 2.29. The summed E-state index contributed by atoms with van der Waals surface area (Å²) in [5, 5.41) is 16.6. The Hall–Kier alpha value is -1.70. The smallest absolute Gasteiger partial charge is 0.287 e. The summed E-state index contributed by atoms with van der Waals surface area (Å²) in [6.07, 6.45) is 1.44. The first-order chi connectivity index (χ1) is 8.41. The number of nitrogens with one attached hydrogen (secondary N) is 2. The number of aryl methyl sites for hydroxylation is 1. The number of aromatic nitrogens is 2. The summed E-state index contributed by atoms with van der Waals surface area (Å²) < 4.78 is 25.5. The molecule has 0 aliphatic carbocycles. The molecule has 0 aromatic carbocycles. The van der Waals surface area contributed by atoms with E-state index in [1.807, 2.05) is 12.2 Å². The molecule has 1 heterocycles. The lowest BCUT2D eigenvalue weighted by atomic mass is 10.2. The van der Waals surface area contributed by atoms with Gasteiger partial charge in [0.15, 0.2) is 5.69 Å². The van der Waals surface area contributed by atoms with E-state index in [4.69, 9.17) is 10.8 Å². The molecule has 1 aromatic heterocycles. The van der Waals surface area contributed by atoms with Crippen molar-refractivity contribution in [1.29, 1.82) is 0 Å². The average molecular weight is 262 g/mol. The van der Waals surface area contributed by atoms with E-state index in [0.29, 0.717) is 12.1 Å². The second-order valence-electron chi connectivity index (χ2n) is 3.91. The van der Waals surface area contributed by atoms with Gasteiger partial charge in [-0.15, -0.1) is 0 Å². The van der Waals surface area contributed by atoms with Crippen LogP contribution in [0.5, 0.6) is 0 Å². The quantitative estimate of drug-likeness (QED) is 0.592. The Morgan fingerprint density at radius 2 is 2.28 bits per heavy atom. The molecule has 1 amide bonds. The molecule has 0 atom stereocenters. The van der Waals surface area contributed by atoms with Crippen LogP contribution in [0.15, 0.2) is 0 Å². The highest BCUT2D eigenvalue weighted by atomic mass is 19.3. The molecule has 0 radical (unpaired) electrons. The monoisotopic (exact) mass is 262 g/mol. The molecule has 0 fully saturated rings. The predicted molar refractivity (Wildman–Crippen MR) is 61.4 cm³/mol. The van der Waals surface area contributed by atoms with Gasteiger partial charge in [-0.2, -0.15) is 5.10 Å². The van der Waals surface area contributed by atoms with Crippen LogP contribution in [0.25, 0.3) is 0 Å². The van der Waals surface area contributed by atoms with Crippen LogP contribution < -0.4 is 11.1 Å². The molecule has 0 aliphatic rings. The highest BCUT2D eigenvalue weighted by molar-refractivity contribution is 5.97. The van der Waals surface area contributed by atoms with Crippen molar-refractivity contribution in [2.24, 2.45) is 0 Å². The zero-order valence-electron chi connectivity index (χ0n) is 9.96. The van der Waals surface area contributed by atoms with E-state index < -0.39 is 25.0 Å². The number of nitrogen functional groups attached to an aromatic ring is 1. The van der Waals surface area contributed by atoms with Crippen LogP contribution in [0.1, 0.15) is 29.5 Å². The van der Waals surface area contributed by atoms with E-state index in [9.17, 15) is 13.6 Å². The molecule has 0 saturated carbocycles. The first-order valence-corrected chi connectivity index (χ1v) is 5.51. The van der Waals surface area contributed by atoms with E-state index >= 15 is 0 Å². The fraction of sp³-hybridized carbons (Fsp3) is 0.600. The van der Waals surface area contributed by atoms with Crippen LogP contribution in [-0.2, 0) is 6.42 Å². The molecule has 0 saturated heterocycles. The maximum Gasteiger partial charge on any atom is 0.287 e. The van der Waals surface area contributed by atoms with Gasteiger partial charge < -0.3 is 16.2 Å². The molecule has 1 aromatic rings. The van der Waals surface area contributed by atoms with Crippen LogP contribution in [-0.4, -0.2) is 40.3 Å². The van der Waals surface area contributed by atoms with E-state index in [-0.39, 0.29) is 11.4 Å². The standard InChI is InChI=1S/C10H16F2N4O2/c1-2-3-6-7(13)8(16-15-6)9(18)14-4-10(11,12)5-17/h17H,2-5,13H2,1H3,(H,14,18)(H,15,16). The molecule has 5 N–H and O–H groups in total. The van der Waals surface area contributed by atoms with Crippen molar-refractivity contribution in [2.45, 2.75) is 25.7 Å². The molecular weight excluding hydrogens is 246 g/mol. The van der Waals surface area contributed by atoms with Crippen molar-refractivity contribution in [3.05, 3.63) is 11.4 Å². The zero-order valence-corrected chi connectivity index (χ0v) is 9.96. The number of rotatable bonds is 6. The Balaban J connectivity index is 2.67. The lowest BCUT2D eigenvalue weighted by Crippen LogP contribution is -2.39. The maximum absolute atomic E-state index is 12.7. The number of aliphatic hydroxyl groups excluding tert-OH is 1. The average Bonchev–Trinajstić information content (AvgIpc) is 2.69. The number of carbonyl (C=O) groups is 1. The fourth-order valence-electron chi connectivity index (χ4n) is 1.35. The molecule has 102 valence electrons. The Morgan fingerprint density at radius 1 is 1.61 bits per heavy atom. The summed E-state index contributed by atoms with van der Waals surface area (Å²) in [5.74, 6) is -4.15. The number of H-pyrrole nitrogens is 1. The van der Waals surface area contributed by atoms with Crippen LogP contribution in [0.4, 0.5) is 14.5 Å². The number of aromatic amines is 1. The van der Waals surface area contributed by atoms with Gasteiger partial charge in [0.25, 0.3) is 11.8 Å². The fourth-order valence-corrected chi connectivity index (χ4v) is 1.35. The number of anilines is 1. The highest BCUT2D eigenvalue weighted by Crippen LogP contribution is 2.16. The van der Waals surface area contributed by atoms with Crippen LogP contribution in [0, 0.1) is 0 Å². The van der Waals surface area contributed by atoms with Crippen molar-refractivity contribution in [3.63, 3.8) is 0 Å². The SMILES string of the molecule is CCCc1[nH]nc(C(=O)NCC(F)(F)CO)c1N. The Bertz CT molecular complexity index is 420. The molecule has 8 heteroatoms. The molecule has 1 rings (SSSR count).